The second kappa shape index (κ2) is 6.60. The van der Waals surface area contributed by atoms with Crippen molar-refractivity contribution in [2.45, 2.75) is 6.92 Å². The fourth-order valence-electron chi connectivity index (χ4n) is 1.60. The molecule has 2 rings (SSSR count). The minimum absolute atomic E-state index is 0.208. The topological polar surface area (TPSA) is 29.1 Å². The quantitative estimate of drug-likeness (QED) is 0.798. The maximum absolute atomic E-state index is 11.8. The zero-order valence-corrected chi connectivity index (χ0v) is 12.4. The standard InChI is InChI=1S/C16H13Cl2NO/c1-11-2-8-14(10-15(11)18)19-16(20)9-5-12-3-6-13(17)7-4-12/h2-10H,1H3,(H,19,20)/b9-5+. The van der Waals surface area contributed by atoms with Gasteiger partial charge in [-0.25, -0.2) is 0 Å². The molecule has 2 nitrogen and oxygen atoms in total. The Hall–Kier alpha value is -1.77. The normalized spacial score (nSPS) is 10.8. The van der Waals surface area contributed by atoms with Gasteiger partial charge in [-0.05, 0) is 48.4 Å². The van der Waals surface area contributed by atoms with Crippen molar-refractivity contribution in [1.29, 1.82) is 0 Å². The second-order valence-corrected chi connectivity index (χ2v) is 5.18. The number of carbonyl (C=O) groups excluding carboxylic acids is 1. The van der Waals surface area contributed by atoms with Crippen molar-refractivity contribution in [3.63, 3.8) is 0 Å². The predicted octanol–water partition coefficient (Wildman–Crippen LogP) is 4.95. The molecule has 102 valence electrons. The Morgan fingerprint density at radius 3 is 2.45 bits per heavy atom. The molecule has 0 unspecified atom stereocenters. The van der Waals surface area contributed by atoms with Gasteiger partial charge in [-0.15, -0.1) is 0 Å². The lowest BCUT2D eigenvalue weighted by molar-refractivity contribution is -0.111. The van der Waals surface area contributed by atoms with Gasteiger partial charge >= 0.3 is 0 Å². The SMILES string of the molecule is Cc1ccc(NC(=O)/C=C/c2ccc(Cl)cc2)cc1Cl. The summed E-state index contributed by atoms with van der Waals surface area (Å²) in [5.74, 6) is -0.208. The van der Waals surface area contributed by atoms with E-state index in [1.165, 1.54) is 6.08 Å². The third-order valence-electron chi connectivity index (χ3n) is 2.74. The molecule has 0 saturated carbocycles. The Morgan fingerprint density at radius 1 is 1.10 bits per heavy atom. The Labute approximate surface area is 128 Å². The van der Waals surface area contributed by atoms with Gasteiger partial charge in [0.15, 0.2) is 0 Å². The van der Waals surface area contributed by atoms with E-state index in [2.05, 4.69) is 5.32 Å². The number of aryl methyl sites for hydroxylation is 1. The first-order chi connectivity index (χ1) is 9.54. The van der Waals surface area contributed by atoms with Gasteiger partial charge in [-0.3, -0.25) is 4.79 Å². The number of halogens is 2. The number of nitrogens with one attached hydrogen (secondary N) is 1. The van der Waals surface area contributed by atoms with Gasteiger partial charge < -0.3 is 5.32 Å². The minimum Gasteiger partial charge on any atom is -0.322 e. The molecular formula is C16H13Cl2NO. The van der Waals surface area contributed by atoms with E-state index < -0.39 is 0 Å². The summed E-state index contributed by atoms with van der Waals surface area (Å²) in [5, 5.41) is 4.05. The van der Waals surface area contributed by atoms with E-state index in [4.69, 9.17) is 23.2 Å². The molecule has 0 atom stereocenters. The van der Waals surface area contributed by atoms with Crippen LogP contribution >= 0.6 is 23.2 Å². The first kappa shape index (κ1) is 14.6. The highest BCUT2D eigenvalue weighted by molar-refractivity contribution is 6.31. The number of amides is 1. The minimum atomic E-state index is -0.208. The average Bonchev–Trinajstić information content (AvgIpc) is 2.42. The highest BCUT2D eigenvalue weighted by Gasteiger charge is 2.00. The molecule has 0 aliphatic heterocycles. The van der Waals surface area contributed by atoms with Gasteiger partial charge in [0.05, 0.1) is 0 Å². The third-order valence-corrected chi connectivity index (χ3v) is 3.40. The third kappa shape index (κ3) is 4.12. The smallest absolute Gasteiger partial charge is 0.248 e. The van der Waals surface area contributed by atoms with Crippen LogP contribution in [0.5, 0.6) is 0 Å². The van der Waals surface area contributed by atoms with Crippen molar-refractivity contribution in [1.82, 2.24) is 0 Å². The molecule has 0 heterocycles. The van der Waals surface area contributed by atoms with Crippen LogP contribution in [-0.4, -0.2) is 5.91 Å². The highest BCUT2D eigenvalue weighted by atomic mass is 35.5. The van der Waals surface area contributed by atoms with Crippen LogP contribution in [0.25, 0.3) is 6.08 Å². The van der Waals surface area contributed by atoms with Crippen LogP contribution in [0.1, 0.15) is 11.1 Å². The van der Waals surface area contributed by atoms with Crippen molar-refractivity contribution in [2.24, 2.45) is 0 Å². The van der Waals surface area contributed by atoms with Gasteiger partial charge in [0, 0.05) is 21.8 Å². The fraction of sp³-hybridized carbons (Fsp3) is 0.0625. The average molecular weight is 306 g/mol. The summed E-state index contributed by atoms with van der Waals surface area (Å²) in [6.07, 6.45) is 3.19. The summed E-state index contributed by atoms with van der Waals surface area (Å²) in [6.45, 7) is 1.91. The first-order valence-corrected chi connectivity index (χ1v) is 6.81. The van der Waals surface area contributed by atoms with Crippen LogP contribution in [0.3, 0.4) is 0 Å². The van der Waals surface area contributed by atoms with Crippen molar-refractivity contribution in [3.8, 4) is 0 Å². The Morgan fingerprint density at radius 2 is 1.80 bits per heavy atom. The van der Waals surface area contributed by atoms with Crippen LogP contribution < -0.4 is 5.32 Å². The number of hydrogen-bond acceptors (Lipinski definition) is 1. The number of benzene rings is 2. The van der Waals surface area contributed by atoms with Crippen LogP contribution in [0, 0.1) is 6.92 Å². The largest absolute Gasteiger partial charge is 0.322 e. The fourth-order valence-corrected chi connectivity index (χ4v) is 1.91. The lowest BCUT2D eigenvalue weighted by Gasteiger charge is -2.04. The molecule has 0 radical (unpaired) electrons. The van der Waals surface area contributed by atoms with E-state index in [1.54, 1.807) is 24.3 Å². The number of anilines is 1. The molecule has 0 bridgehead atoms. The highest BCUT2D eigenvalue weighted by Crippen LogP contribution is 2.20. The second-order valence-electron chi connectivity index (χ2n) is 4.34. The van der Waals surface area contributed by atoms with E-state index in [0.29, 0.717) is 15.7 Å². The Kier molecular flexibility index (Phi) is 4.83. The summed E-state index contributed by atoms with van der Waals surface area (Å²) in [4.78, 5) is 11.8. The van der Waals surface area contributed by atoms with Crippen LogP contribution in [-0.2, 0) is 4.79 Å². The number of carbonyl (C=O) groups is 1. The van der Waals surface area contributed by atoms with Gasteiger partial charge in [0.2, 0.25) is 5.91 Å². The summed E-state index contributed by atoms with van der Waals surface area (Å²) >= 11 is 11.8. The Bertz CT molecular complexity index is 648. The molecule has 0 aromatic heterocycles. The summed E-state index contributed by atoms with van der Waals surface area (Å²) in [7, 11) is 0. The summed E-state index contributed by atoms with van der Waals surface area (Å²) < 4.78 is 0. The van der Waals surface area contributed by atoms with Crippen molar-refractivity contribution < 1.29 is 4.79 Å². The van der Waals surface area contributed by atoms with E-state index in [9.17, 15) is 4.79 Å². The molecule has 0 fully saturated rings. The van der Waals surface area contributed by atoms with Crippen LogP contribution in [0.4, 0.5) is 5.69 Å². The molecule has 2 aromatic rings. The van der Waals surface area contributed by atoms with Crippen molar-refractivity contribution in [2.75, 3.05) is 5.32 Å². The molecule has 0 aliphatic carbocycles. The Balaban J connectivity index is 2.01. The first-order valence-electron chi connectivity index (χ1n) is 6.05. The van der Waals surface area contributed by atoms with Crippen molar-refractivity contribution in [3.05, 3.63) is 69.7 Å². The van der Waals surface area contributed by atoms with Gasteiger partial charge in [-0.1, -0.05) is 41.4 Å². The van der Waals surface area contributed by atoms with Gasteiger partial charge in [-0.2, -0.15) is 0 Å². The zero-order chi connectivity index (χ0) is 14.5. The van der Waals surface area contributed by atoms with Crippen LogP contribution in [0.15, 0.2) is 48.5 Å². The predicted molar refractivity (Wildman–Crippen MR) is 85.3 cm³/mol. The van der Waals surface area contributed by atoms with Gasteiger partial charge in [0.1, 0.15) is 0 Å². The van der Waals surface area contributed by atoms with E-state index in [1.807, 2.05) is 31.2 Å². The maximum atomic E-state index is 11.8. The van der Waals surface area contributed by atoms with Crippen LogP contribution in [0.2, 0.25) is 10.0 Å². The summed E-state index contributed by atoms with van der Waals surface area (Å²) in [6, 6.07) is 12.6. The summed E-state index contributed by atoms with van der Waals surface area (Å²) in [5.41, 5.74) is 2.55. The lowest BCUT2D eigenvalue weighted by Crippen LogP contribution is -2.07. The monoisotopic (exact) mass is 305 g/mol. The molecule has 4 heteroatoms. The maximum Gasteiger partial charge on any atom is 0.248 e. The van der Waals surface area contributed by atoms with Crippen molar-refractivity contribution >= 4 is 40.9 Å². The van der Waals surface area contributed by atoms with Gasteiger partial charge in [0.25, 0.3) is 0 Å². The molecule has 0 saturated heterocycles. The van der Waals surface area contributed by atoms with E-state index >= 15 is 0 Å². The molecule has 1 N–H and O–H groups in total. The molecule has 0 aliphatic rings. The molecule has 20 heavy (non-hydrogen) atoms. The van der Waals surface area contributed by atoms with E-state index in [-0.39, 0.29) is 5.91 Å². The molecule has 1 amide bonds. The molecule has 0 spiro atoms. The number of hydrogen-bond donors (Lipinski definition) is 1. The lowest BCUT2D eigenvalue weighted by atomic mass is 10.2. The molecular weight excluding hydrogens is 293 g/mol. The number of rotatable bonds is 3. The van der Waals surface area contributed by atoms with E-state index in [0.717, 1.165) is 11.1 Å². The zero-order valence-electron chi connectivity index (χ0n) is 10.9. The molecule has 2 aromatic carbocycles.